The van der Waals surface area contributed by atoms with Crippen LogP contribution in [0.5, 0.6) is 0 Å². The van der Waals surface area contributed by atoms with E-state index in [-0.39, 0.29) is 30.4 Å². The highest BCUT2D eigenvalue weighted by atomic mass is 35.5. The third-order valence-corrected chi connectivity index (χ3v) is 4.72. The summed E-state index contributed by atoms with van der Waals surface area (Å²) in [5, 5.41) is 12.3. The topological polar surface area (TPSA) is 91.3 Å². The third-order valence-electron chi connectivity index (χ3n) is 4.72. The van der Waals surface area contributed by atoms with Crippen molar-refractivity contribution in [2.45, 2.75) is 6.92 Å². The number of aromatic nitrogens is 2. The summed E-state index contributed by atoms with van der Waals surface area (Å²) in [5.41, 5.74) is 4.85. The maximum absolute atomic E-state index is 12.6. The standard InChI is InChI=1S/C23H21N5O2.ClH/c1-16-21(23(30)28(27-16)20-9-3-2-4-10-20)14-25-26-22(29)15-24-19-12-11-17-7-5-6-8-18(17)13-19;/h2-14,24,27H,15H2,1H3,(H,26,29);1H. The van der Waals surface area contributed by atoms with Crippen LogP contribution in [0.3, 0.4) is 0 Å². The van der Waals surface area contributed by atoms with Gasteiger partial charge in [0.25, 0.3) is 11.5 Å². The summed E-state index contributed by atoms with van der Waals surface area (Å²) >= 11 is 0. The van der Waals surface area contributed by atoms with Crippen LogP contribution in [-0.2, 0) is 4.79 Å². The molecule has 1 heterocycles. The maximum atomic E-state index is 12.6. The fourth-order valence-electron chi connectivity index (χ4n) is 3.16. The fraction of sp³-hybridized carbons (Fsp3) is 0.0870. The number of amides is 1. The van der Waals surface area contributed by atoms with Gasteiger partial charge in [0.1, 0.15) is 0 Å². The number of carbonyl (C=O) groups is 1. The van der Waals surface area contributed by atoms with E-state index in [1.54, 1.807) is 6.92 Å². The lowest BCUT2D eigenvalue weighted by Crippen LogP contribution is -2.26. The van der Waals surface area contributed by atoms with Gasteiger partial charge in [-0.3, -0.25) is 14.7 Å². The smallest absolute Gasteiger partial charge is 0.280 e. The van der Waals surface area contributed by atoms with Gasteiger partial charge in [-0.1, -0.05) is 48.5 Å². The van der Waals surface area contributed by atoms with Gasteiger partial charge in [0.2, 0.25) is 0 Å². The van der Waals surface area contributed by atoms with Gasteiger partial charge < -0.3 is 5.32 Å². The van der Waals surface area contributed by atoms with Crippen LogP contribution in [0.2, 0.25) is 0 Å². The van der Waals surface area contributed by atoms with Gasteiger partial charge in [-0.2, -0.15) is 5.10 Å². The number of hydrogen-bond donors (Lipinski definition) is 3. The number of aryl methyl sites for hydroxylation is 1. The van der Waals surface area contributed by atoms with Crippen molar-refractivity contribution in [3.05, 3.63) is 94.4 Å². The Bertz CT molecular complexity index is 1280. The molecule has 0 bridgehead atoms. The van der Waals surface area contributed by atoms with Crippen LogP contribution >= 0.6 is 12.4 Å². The molecule has 0 aliphatic heterocycles. The maximum Gasteiger partial charge on any atom is 0.280 e. The second-order valence-corrected chi connectivity index (χ2v) is 6.84. The van der Waals surface area contributed by atoms with Crippen molar-refractivity contribution in [1.29, 1.82) is 0 Å². The Labute approximate surface area is 185 Å². The molecule has 0 saturated carbocycles. The first kappa shape index (κ1) is 21.9. The summed E-state index contributed by atoms with van der Waals surface area (Å²) < 4.78 is 1.44. The predicted octanol–water partition coefficient (Wildman–Crippen LogP) is 3.61. The lowest BCUT2D eigenvalue weighted by molar-refractivity contribution is -0.119. The molecule has 0 atom stereocenters. The van der Waals surface area contributed by atoms with Gasteiger partial charge in [-0.25, -0.2) is 10.1 Å². The minimum absolute atomic E-state index is 0. The van der Waals surface area contributed by atoms with Crippen LogP contribution in [0, 0.1) is 6.92 Å². The number of para-hydroxylation sites is 1. The first-order chi connectivity index (χ1) is 14.6. The largest absolute Gasteiger partial charge is 0.376 e. The summed E-state index contributed by atoms with van der Waals surface area (Å²) in [6, 6.07) is 23.2. The van der Waals surface area contributed by atoms with Gasteiger partial charge in [-0.05, 0) is 42.0 Å². The summed E-state index contributed by atoms with van der Waals surface area (Å²) in [6.45, 7) is 1.85. The highest BCUT2D eigenvalue weighted by Gasteiger charge is 2.10. The van der Waals surface area contributed by atoms with Crippen molar-refractivity contribution >= 4 is 41.0 Å². The van der Waals surface area contributed by atoms with Crippen molar-refractivity contribution in [2.75, 3.05) is 11.9 Å². The number of carbonyl (C=O) groups excluding carboxylic acids is 1. The Morgan fingerprint density at radius 3 is 2.52 bits per heavy atom. The molecule has 7 nitrogen and oxygen atoms in total. The van der Waals surface area contributed by atoms with Crippen molar-refractivity contribution in [3.63, 3.8) is 0 Å². The summed E-state index contributed by atoms with van der Waals surface area (Å²) in [6.07, 6.45) is 1.36. The van der Waals surface area contributed by atoms with Gasteiger partial charge in [-0.15, -0.1) is 12.4 Å². The van der Waals surface area contributed by atoms with E-state index in [1.807, 2.05) is 72.8 Å². The molecule has 31 heavy (non-hydrogen) atoms. The fourth-order valence-corrected chi connectivity index (χ4v) is 3.16. The molecule has 3 N–H and O–H groups in total. The zero-order valence-electron chi connectivity index (χ0n) is 16.8. The highest BCUT2D eigenvalue weighted by Crippen LogP contribution is 2.18. The molecule has 0 radical (unpaired) electrons. The van der Waals surface area contributed by atoms with Crippen molar-refractivity contribution in [3.8, 4) is 5.69 Å². The van der Waals surface area contributed by atoms with Gasteiger partial charge in [0.05, 0.1) is 24.0 Å². The van der Waals surface area contributed by atoms with Crippen LogP contribution in [0.1, 0.15) is 11.3 Å². The first-order valence-corrected chi connectivity index (χ1v) is 9.53. The Hall–Kier alpha value is -3.84. The number of hydrogen-bond acceptors (Lipinski definition) is 4. The number of anilines is 1. The zero-order chi connectivity index (χ0) is 20.9. The van der Waals surface area contributed by atoms with Crippen molar-refractivity contribution < 1.29 is 4.79 Å². The van der Waals surface area contributed by atoms with Crippen LogP contribution < -0.4 is 16.3 Å². The minimum atomic E-state index is -0.309. The number of aromatic amines is 1. The third kappa shape index (κ3) is 5.02. The number of rotatable bonds is 6. The molecule has 3 aromatic carbocycles. The summed E-state index contributed by atoms with van der Waals surface area (Å²) in [5.74, 6) is -0.309. The molecule has 4 rings (SSSR count). The number of hydrazone groups is 1. The van der Waals surface area contributed by atoms with Gasteiger partial charge in [0, 0.05) is 11.4 Å². The second kappa shape index (κ2) is 9.77. The quantitative estimate of drug-likeness (QED) is 0.319. The predicted molar refractivity (Wildman–Crippen MR) is 127 cm³/mol. The van der Waals surface area contributed by atoms with Crippen LogP contribution in [-0.4, -0.2) is 28.4 Å². The Morgan fingerprint density at radius 2 is 1.74 bits per heavy atom. The average Bonchev–Trinajstić information content (AvgIpc) is 3.06. The molecule has 8 heteroatoms. The highest BCUT2D eigenvalue weighted by molar-refractivity contribution is 5.88. The molecule has 0 aliphatic carbocycles. The van der Waals surface area contributed by atoms with E-state index < -0.39 is 0 Å². The molecule has 0 saturated heterocycles. The molecular formula is C23H22ClN5O2. The van der Waals surface area contributed by atoms with E-state index in [1.165, 1.54) is 10.9 Å². The van der Waals surface area contributed by atoms with Crippen LogP contribution in [0.4, 0.5) is 5.69 Å². The normalized spacial score (nSPS) is 10.7. The molecule has 0 aliphatic rings. The molecule has 4 aromatic rings. The van der Waals surface area contributed by atoms with E-state index in [4.69, 9.17) is 0 Å². The SMILES string of the molecule is Cc1[nH]n(-c2ccccc2)c(=O)c1C=NNC(=O)CNc1ccc2ccccc2c1.Cl. The number of nitrogens with zero attached hydrogens (tertiary/aromatic N) is 2. The second-order valence-electron chi connectivity index (χ2n) is 6.84. The van der Waals surface area contributed by atoms with Crippen LogP contribution in [0.25, 0.3) is 16.5 Å². The summed E-state index contributed by atoms with van der Waals surface area (Å²) in [4.78, 5) is 24.7. The number of fused-ring (bicyclic) bond motifs is 1. The van der Waals surface area contributed by atoms with E-state index in [0.717, 1.165) is 22.1 Å². The average molecular weight is 436 g/mol. The Morgan fingerprint density at radius 1 is 1.03 bits per heavy atom. The lowest BCUT2D eigenvalue weighted by atomic mass is 10.1. The Kier molecular flexibility index (Phi) is 6.89. The number of nitrogens with one attached hydrogen (secondary N) is 3. The monoisotopic (exact) mass is 435 g/mol. The van der Waals surface area contributed by atoms with E-state index in [9.17, 15) is 9.59 Å². The van der Waals surface area contributed by atoms with Gasteiger partial charge >= 0.3 is 0 Å². The summed E-state index contributed by atoms with van der Waals surface area (Å²) in [7, 11) is 0. The zero-order valence-corrected chi connectivity index (χ0v) is 17.6. The van der Waals surface area contributed by atoms with Crippen molar-refractivity contribution in [1.82, 2.24) is 15.2 Å². The van der Waals surface area contributed by atoms with E-state index in [2.05, 4.69) is 20.9 Å². The molecular weight excluding hydrogens is 414 g/mol. The number of halogens is 1. The molecule has 158 valence electrons. The van der Waals surface area contributed by atoms with Crippen molar-refractivity contribution in [2.24, 2.45) is 5.10 Å². The van der Waals surface area contributed by atoms with Crippen LogP contribution in [0.15, 0.2) is 82.7 Å². The van der Waals surface area contributed by atoms with E-state index >= 15 is 0 Å². The Balaban J connectivity index is 0.00000272. The molecule has 0 spiro atoms. The molecule has 1 aromatic heterocycles. The molecule has 0 unspecified atom stereocenters. The number of H-pyrrole nitrogens is 1. The van der Waals surface area contributed by atoms with E-state index in [0.29, 0.717) is 11.3 Å². The first-order valence-electron chi connectivity index (χ1n) is 9.53. The minimum Gasteiger partial charge on any atom is -0.376 e. The molecule has 1 amide bonds. The lowest BCUT2D eigenvalue weighted by Gasteiger charge is -2.06. The number of benzene rings is 3. The van der Waals surface area contributed by atoms with Gasteiger partial charge in [0.15, 0.2) is 0 Å². The molecule has 0 fully saturated rings.